The van der Waals surface area contributed by atoms with Crippen molar-refractivity contribution in [2.75, 3.05) is 6.61 Å². The predicted octanol–water partition coefficient (Wildman–Crippen LogP) is 4.62. The lowest BCUT2D eigenvalue weighted by Gasteiger charge is -2.20. The molecule has 1 aromatic heterocycles. The summed E-state index contributed by atoms with van der Waals surface area (Å²) < 4.78 is 11.0. The first-order valence-corrected chi connectivity index (χ1v) is 12.1. The van der Waals surface area contributed by atoms with Gasteiger partial charge >= 0.3 is 5.97 Å². The maximum Gasteiger partial charge on any atom is 0.375 e. The van der Waals surface area contributed by atoms with Crippen LogP contribution in [0.3, 0.4) is 0 Å². The van der Waals surface area contributed by atoms with Crippen LogP contribution in [0.1, 0.15) is 58.6 Å². The van der Waals surface area contributed by atoms with E-state index in [0.29, 0.717) is 22.1 Å². The standard InChI is InChI=1S/C25H26N2O5S/c28-22(26-27-24(29)17-9-3-1-4-10-17)15-31-25(30)23-20(16-33-18-11-5-2-6-12-18)19-13-7-8-14-21(19)32-23/h1,3-4,7-10,13-14,18H,2,5-6,11-12,15-16H2,(H,26,28)(H,27,29). The summed E-state index contributed by atoms with van der Waals surface area (Å²) in [5.74, 6) is -1.04. The van der Waals surface area contributed by atoms with Crippen molar-refractivity contribution in [2.45, 2.75) is 43.1 Å². The molecule has 1 aliphatic carbocycles. The van der Waals surface area contributed by atoms with E-state index < -0.39 is 24.4 Å². The first-order chi connectivity index (χ1) is 16.1. The molecule has 1 saturated carbocycles. The minimum absolute atomic E-state index is 0.126. The summed E-state index contributed by atoms with van der Waals surface area (Å²) in [5.41, 5.74) is 6.35. The number of hydrogen-bond acceptors (Lipinski definition) is 6. The van der Waals surface area contributed by atoms with Gasteiger partial charge in [0.1, 0.15) is 5.58 Å². The van der Waals surface area contributed by atoms with Crippen molar-refractivity contribution in [3.8, 4) is 0 Å². The third-order valence-corrected chi connectivity index (χ3v) is 6.98. The molecule has 1 aliphatic rings. The Balaban J connectivity index is 1.36. The molecule has 2 N–H and O–H groups in total. The zero-order valence-electron chi connectivity index (χ0n) is 18.2. The van der Waals surface area contributed by atoms with Crippen LogP contribution in [0.25, 0.3) is 11.0 Å². The van der Waals surface area contributed by atoms with Crippen molar-refractivity contribution >= 4 is 40.5 Å². The SMILES string of the molecule is O=C(COC(=O)c1oc2ccccc2c1CSC1CCCCC1)NNC(=O)c1ccccc1. The predicted molar refractivity (Wildman–Crippen MR) is 127 cm³/mol. The summed E-state index contributed by atoms with van der Waals surface area (Å²) in [6.07, 6.45) is 6.16. The van der Waals surface area contributed by atoms with E-state index in [-0.39, 0.29) is 5.76 Å². The molecule has 0 bridgehead atoms. The van der Waals surface area contributed by atoms with Crippen molar-refractivity contribution in [1.29, 1.82) is 0 Å². The molecule has 172 valence electrons. The molecular formula is C25H26N2O5S. The molecule has 1 heterocycles. The fourth-order valence-corrected chi connectivity index (χ4v) is 5.22. The molecule has 0 aliphatic heterocycles. The normalized spacial score (nSPS) is 14.1. The van der Waals surface area contributed by atoms with Gasteiger partial charge in [-0.05, 0) is 31.0 Å². The van der Waals surface area contributed by atoms with Crippen LogP contribution in [0.4, 0.5) is 0 Å². The van der Waals surface area contributed by atoms with Gasteiger partial charge in [0.05, 0.1) is 0 Å². The van der Waals surface area contributed by atoms with Crippen molar-refractivity contribution in [2.24, 2.45) is 0 Å². The highest BCUT2D eigenvalue weighted by Crippen LogP contribution is 2.35. The minimum Gasteiger partial charge on any atom is -0.450 e. The molecule has 0 unspecified atom stereocenters. The molecule has 7 nitrogen and oxygen atoms in total. The molecule has 0 spiro atoms. The number of carbonyl (C=O) groups excluding carboxylic acids is 3. The van der Waals surface area contributed by atoms with E-state index in [1.165, 1.54) is 32.1 Å². The van der Waals surface area contributed by atoms with Crippen molar-refractivity contribution in [3.63, 3.8) is 0 Å². The fraction of sp³-hybridized carbons (Fsp3) is 0.320. The van der Waals surface area contributed by atoms with Crippen molar-refractivity contribution in [3.05, 3.63) is 71.5 Å². The fourth-order valence-electron chi connectivity index (χ4n) is 3.86. The Labute approximate surface area is 196 Å². The number of para-hydroxylation sites is 1. The van der Waals surface area contributed by atoms with Crippen LogP contribution in [0, 0.1) is 0 Å². The molecule has 1 fully saturated rings. The van der Waals surface area contributed by atoms with Crippen LogP contribution in [0.2, 0.25) is 0 Å². The average molecular weight is 467 g/mol. The number of hydrazine groups is 1. The number of fused-ring (bicyclic) bond motifs is 1. The second kappa shape index (κ2) is 11.0. The smallest absolute Gasteiger partial charge is 0.375 e. The zero-order chi connectivity index (χ0) is 23.0. The van der Waals surface area contributed by atoms with E-state index in [4.69, 9.17) is 9.15 Å². The van der Waals surface area contributed by atoms with Crippen LogP contribution in [-0.4, -0.2) is 29.6 Å². The quantitative estimate of drug-likeness (QED) is 0.390. The first-order valence-electron chi connectivity index (χ1n) is 11.0. The van der Waals surface area contributed by atoms with Gasteiger partial charge in [0, 0.05) is 27.5 Å². The van der Waals surface area contributed by atoms with Crippen LogP contribution < -0.4 is 10.9 Å². The van der Waals surface area contributed by atoms with Gasteiger partial charge in [-0.3, -0.25) is 20.4 Å². The largest absolute Gasteiger partial charge is 0.450 e. The van der Waals surface area contributed by atoms with E-state index >= 15 is 0 Å². The Morgan fingerprint density at radius 3 is 2.45 bits per heavy atom. The molecule has 2 amide bonds. The Morgan fingerprint density at radius 1 is 0.939 bits per heavy atom. The van der Waals surface area contributed by atoms with Gasteiger partial charge in [-0.2, -0.15) is 11.8 Å². The van der Waals surface area contributed by atoms with Crippen LogP contribution >= 0.6 is 11.8 Å². The number of ether oxygens (including phenoxy) is 1. The Kier molecular flexibility index (Phi) is 7.67. The summed E-state index contributed by atoms with van der Waals surface area (Å²) >= 11 is 1.84. The molecule has 3 aromatic rings. The Hall–Kier alpha value is -3.26. The summed E-state index contributed by atoms with van der Waals surface area (Å²) in [4.78, 5) is 36.8. The van der Waals surface area contributed by atoms with E-state index in [1.807, 2.05) is 36.0 Å². The summed E-state index contributed by atoms with van der Waals surface area (Å²) in [7, 11) is 0. The lowest BCUT2D eigenvalue weighted by atomic mass is 10.0. The highest BCUT2D eigenvalue weighted by atomic mass is 32.2. The molecule has 33 heavy (non-hydrogen) atoms. The average Bonchev–Trinajstić information content (AvgIpc) is 3.24. The Bertz CT molecular complexity index is 1120. The second-order valence-corrected chi connectivity index (χ2v) is 9.21. The number of thioether (sulfide) groups is 1. The maximum absolute atomic E-state index is 12.8. The number of esters is 1. The van der Waals surface area contributed by atoms with Gasteiger partial charge < -0.3 is 9.15 Å². The number of rotatable bonds is 7. The molecule has 0 radical (unpaired) electrons. The minimum atomic E-state index is -0.699. The highest BCUT2D eigenvalue weighted by Gasteiger charge is 2.24. The molecule has 0 saturated heterocycles. The molecule has 0 atom stereocenters. The number of hydrogen-bond donors (Lipinski definition) is 2. The number of amides is 2. The lowest BCUT2D eigenvalue weighted by Crippen LogP contribution is -2.43. The number of carbonyl (C=O) groups is 3. The number of nitrogens with one attached hydrogen (secondary N) is 2. The topological polar surface area (TPSA) is 97.6 Å². The van der Waals surface area contributed by atoms with Gasteiger partial charge in [0.25, 0.3) is 11.8 Å². The van der Waals surface area contributed by atoms with Crippen molar-refractivity contribution < 1.29 is 23.5 Å². The van der Waals surface area contributed by atoms with Gasteiger partial charge in [0.2, 0.25) is 5.76 Å². The molecule has 2 aromatic carbocycles. The van der Waals surface area contributed by atoms with Crippen molar-refractivity contribution in [1.82, 2.24) is 10.9 Å². The van der Waals surface area contributed by atoms with E-state index in [0.717, 1.165) is 10.9 Å². The van der Waals surface area contributed by atoms with E-state index in [1.54, 1.807) is 30.3 Å². The molecule has 8 heteroatoms. The molecular weight excluding hydrogens is 440 g/mol. The Morgan fingerprint density at radius 2 is 1.67 bits per heavy atom. The van der Waals surface area contributed by atoms with E-state index in [9.17, 15) is 14.4 Å². The number of benzene rings is 2. The summed E-state index contributed by atoms with van der Waals surface area (Å²) in [5, 5.41) is 1.46. The third-order valence-electron chi connectivity index (χ3n) is 5.59. The highest BCUT2D eigenvalue weighted by molar-refractivity contribution is 7.99. The van der Waals surface area contributed by atoms with Crippen LogP contribution in [0.5, 0.6) is 0 Å². The van der Waals surface area contributed by atoms with Gasteiger partial charge in [0.15, 0.2) is 6.61 Å². The number of furan rings is 1. The van der Waals surface area contributed by atoms with Gasteiger partial charge in [-0.25, -0.2) is 4.79 Å². The van der Waals surface area contributed by atoms with Gasteiger partial charge in [-0.1, -0.05) is 55.7 Å². The maximum atomic E-state index is 12.8. The summed E-state index contributed by atoms with van der Waals surface area (Å²) in [6.45, 7) is -0.542. The monoisotopic (exact) mass is 466 g/mol. The molecule has 4 rings (SSSR count). The zero-order valence-corrected chi connectivity index (χ0v) is 19.0. The van der Waals surface area contributed by atoms with Gasteiger partial charge in [-0.15, -0.1) is 0 Å². The van der Waals surface area contributed by atoms with Crippen LogP contribution in [-0.2, 0) is 15.3 Å². The summed E-state index contributed by atoms with van der Waals surface area (Å²) in [6, 6.07) is 16.0. The second-order valence-electron chi connectivity index (χ2n) is 7.92. The van der Waals surface area contributed by atoms with Crippen LogP contribution in [0.15, 0.2) is 59.0 Å². The van der Waals surface area contributed by atoms with E-state index in [2.05, 4.69) is 10.9 Å². The third kappa shape index (κ3) is 5.96. The first kappa shape index (κ1) is 22.9. The lowest BCUT2D eigenvalue weighted by molar-refractivity contribution is -0.125.